The van der Waals surface area contributed by atoms with Gasteiger partial charge in [-0.05, 0) is 85.5 Å². The molecule has 12 nitrogen and oxygen atoms in total. The number of hydrogen-bond donors (Lipinski definition) is 0. The first-order valence-electron chi connectivity index (χ1n) is 18.7. The number of amides is 1. The zero-order valence-corrected chi connectivity index (χ0v) is 31.8. The molecule has 54 heavy (non-hydrogen) atoms. The van der Waals surface area contributed by atoms with E-state index in [0.717, 1.165) is 43.6 Å². The van der Waals surface area contributed by atoms with Crippen LogP contribution < -0.4 is 18.9 Å². The van der Waals surface area contributed by atoms with Crippen LogP contribution in [0.3, 0.4) is 0 Å². The van der Waals surface area contributed by atoms with E-state index < -0.39 is 24.0 Å². The summed E-state index contributed by atoms with van der Waals surface area (Å²) in [6.07, 6.45) is 4.01. The second-order valence-electron chi connectivity index (χ2n) is 13.5. The van der Waals surface area contributed by atoms with E-state index in [1.54, 1.807) is 35.2 Å². The molecule has 2 heterocycles. The number of esters is 1. The summed E-state index contributed by atoms with van der Waals surface area (Å²) in [6.45, 7) is 6.77. The summed E-state index contributed by atoms with van der Waals surface area (Å²) < 4.78 is 34.6. The number of rotatable bonds is 18. The maximum absolute atomic E-state index is 14.4. The molecule has 5 rings (SSSR count). The van der Waals surface area contributed by atoms with Crippen molar-refractivity contribution in [3.8, 4) is 23.0 Å². The Bertz CT molecular complexity index is 1710. The van der Waals surface area contributed by atoms with Gasteiger partial charge in [0, 0.05) is 37.3 Å². The molecule has 0 radical (unpaired) electrons. The highest BCUT2D eigenvalue weighted by molar-refractivity contribution is 5.90. The molecule has 0 bridgehead atoms. The topological polar surface area (TPSA) is 130 Å². The minimum absolute atomic E-state index is 0.169. The SMILES string of the molecule is CC[C@H](C(=O)N1CCCC[C@H]1C(=O)O[C@H](CCc1ccc(C=O)c(C=O)c1)c1cccc(OCCN2CCOCC2)c1)c1cc(OC)c(OC)c(OC)c1. The lowest BCUT2D eigenvalue weighted by atomic mass is 9.91. The molecule has 2 aliphatic heterocycles. The lowest BCUT2D eigenvalue weighted by Gasteiger charge is -2.37. The molecule has 290 valence electrons. The normalized spacial score (nSPS) is 17.2. The second kappa shape index (κ2) is 19.9. The molecular formula is C42H52N2O10. The van der Waals surface area contributed by atoms with Crippen molar-refractivity contribution in [2.45, 2.75) is 63.5 Å². The average Bonchev–Trinajstić information content (AvgIpc) is 3.22. The Morgan fingerprint density at radius 2 is 1.61 bits per heavy atom. The number of aryl methyl sites for hydroxylation is 1. The predicted molar refractivity (Wildman–Crippen MR) is 202 cm³/mol. The third kappa shape index (κ3) is 9.97. The molecule has 0 aromatic heterocycles. The molecule has 3 aromatic rings. The van der Waals surface area contributed by atoms with Crippen LogP contribution in [0.15, 0.2) is 54.6 Å². The molecule has 3 aromatic carbocycles. The van der Waals surface area contributed by atoms with Gasteiger partial charge in [-0.1, -0.05) is 31.2 Å². The summed E-state index contributed by atoms with van der Waals surface area (Å²) in [4.78, 5) is 55.7. The molecule has 12 heteroatoms. The summed E-state index contributed by atoms with van der Waals surface area (Å²) in [5, 5.41) is 0. The number of benzene rings is 3. The van der Waals surface area contributed by atoms with Crippen LogP contribution in [0.4, 0.5) is 0 Å². The Balaban J connectivity index is 1.37. The smallest absolute Gasteiger partial charge is 0.329 e. The molecule has 2 saturated heterocycles. The fourth-order valence-electron chi connectivity index (χ4n) is 7.22. The van der Waals surface area contributed by atoms with Crippen LogP contribution >= 0.6 is 0 Å². The van der Waals surface area contributed by atoms with Gasteiger partial charge in [0.05, 0.1) is 40.5 Å². The summed E-state index contributed by atoms with van der Waals surface area (Å²) in [7, 11) is 4.60. The molecule has 3 atom stereocenters. The van der Waals surface area contributed by atoms with Crippen molar-refractivity contribution < 1.29 is 47.6 Å². The minimum Gasteiger partial charge on any atom is -0.493 e. The summed E-state index contributed by atoms with van der Waals surface area (Å²) >= 11 is 0. The first-order chi connectivity index (χ1) is 26.3. The Morgan fingerprint density at radius 3 is 2.28 bits per heavy atom. The van der Waals surface area contributed by atoms with Gasteiger partial charge in [-0.2, -0.15) is 0 Å². The summed E-state index contributed by atoms with van der Waals surface area (Å²) in [6, 6.07) is 15.5. The zero-order chi connectivity index (χ0) is 38.5. The van der Waals surface area contributed by atoms with Crippen LogP contribution in [0.25, 0.3) is 0 Å². The number of hydrogen-bond acceptors (Lipinski definition) is 11. The Morgan fingerprint density at radius 1 is 0.870 bits per heavy atom. The number of likely N-dealkylation sites (tertiary alicyclic amines) is 1. The Labute approximate surface area is 317 Å². The van der Waals surface area contributed by atoms with Gasteiger partial charge in [0.1, 0.15) is 24.5 Å². The second-order valence-corrected chi connectivity index (χ2v) is 13.5. The van der Waals surface area contributed by atoms with Crippen molar-refractivity contribution in [2.75, 3.05) is 67.3 Å². The highest BCUT2D eigenvalue weighted by Crippen LogP contribution is 2.41. The van der Waals surface area contributed by atoms with Gasteiger partial charge in [0.15, 0.2) is 24.1 Å². The van der Waals surface area contributed by atoms with E-state index in [-0.39, 0.29) is 5.91 Å². The van der Waals surface area contributed by atoms with E-state index in [1.165, 1.54) is 21.3 Å². The number of methoxy groups -OCH3 is 3. The molecule has 2 aliphatic rings. The van der Waals surface area contributed by atoms with Gasteiger partial charge in [-0.25, -0.2) is 4.79 Å². The third-order valence-corrected chi connectivity index (χ3v) is 10.2. The van der Waals surface area contributed by atoms with Crippen molar-refractivity contribution in [1.82, 2.24) is 9.80 Å². The van der Waals surface area contributed by atoms with Gasteiger partial charge in [-0.3, -0.25) is 19.3 Å². The quantitative estimate of drug-likeness (QED) is 0.115. The van der Waals surface area contributed by atoms with Crippen LogP contribution in [-0.2, 0) is 25.5 Å². The number of carbonyl (C=O) groups is 4. The van der Waals surface area contributed by atoms with Crippen molar-refractivity contribution in [1.29, 1.82) is 0 Å². The van der Waals surface area contributed by atoms with Crippen molar-refractivity contribution >= 4 is 24.4 Å². The number of nitrogens with zero attached hydrogens (tertiary/aromatic N) is 2. The summed E-state index contributed by atoms with van der Waals surface area (Å²) in [5.74, 6) is 0.785. The van der Waals surface area contributed by atoms with E-state index in [4.69, 9.17) is 28.4 Å². The standard InChI is InChI=1S/C42H52N2O10/c1-5-35(32-25-38(49-2)40(51-4)39(26-32)50-3)41(47)44-16-7-6-11-36(44)42(48)54-37(15-13-29-12-14-31(27-45)33(23-29)28-46)30-9-8-10-34(24-30)53-22-19-43-17-20-52-21-18-43/h8-10,12,14,23-28,35-37H,5-7,11,13,15-22H2,1-4H3/t35-,36-,37+/m0/s1. The monoisotopic (exact) mass is 744 g/mol. The largest absolute Gasteiger partial charge is 0.493 e. The molecule has 0 spiro atoms. The first kappa shape index (κ1) is 40.2. The van der Waals surface area contributed by atoms with Gasteiger partial charge in [0.2, 0.25) is 11.7 Å². The maximum atomic E-state index is 14.4. The maximum Gasteiger partial charge on any atom is 0.329 e. The first-order valence-corrected chi connectivity index (χ1v) is 18.7. The van der Waals surface area contributed by atoms with Crippen molar-refractivity contribution in [2.24, 2.45) is 0 Å². The molecule has 1 amide bonds. The molecular weight excluding hydrogens is 692 g/mol. The van der Waals surface area contributed by atoms with Gasteiger partial charge < -0.3 is 33.3 Å². The van der Waals surface area contributed by atoms with E-state index in [0.29, 0.717) is 104 Å². The van der Waals surface area contributed by atoms with E-state index in [2.05, 4.69) is 4.90 Å². The van der Waals surface area contributed by atoms with Crippen molar-refractivity contribution in [3.63, 3.8) is 0 Å². The highest BCUT2D eigenvalue weighted by atomic mass is 16.5. The van der Waals surface area contributed by atoms with Gasteiger partial charge in [0.25, 0.3) is 0 Å². The van der Waals surface area contributed by atoms with Crippen molar-refractivity contribution in [3.05, 3.63) is 82.4 Å². The average molecular weight is 745 g/mol. The number of piperidine rings is 1. The molecule has 0 N–H and O–H groups in total. The van der Waals surface area contributed by atoms with Gasteiger partial charge in [-0.15, -0.1) is 0 Å². The predicted octanol–water partition coefficient (Wildman–Crippen LogP) is 5.84. The third-order valence-electron chi connectivity index (χ3n) is 10.2. The molecule has 0 unspecified atom stereocenters. The fourth-order valence-corrected chi connectivity index (χ4v) is 7.22. The van der Waals surface area contributed by atoms with E-state index >= 15 is 0 Å². The number of ether oxygens (including phenoxy) is 6. The van der Waals surface area contributed by atoms with Gasteiger partial charge >= 0.3 is 5.97 Å². The Hall–Kier alpha value is -4.94. The van der Waals surface area contributed by atoms with E-state index in [1.807, 2.05) is 31.2 Å². The molecule has 2 fully saturated rings. The number of morpholine rings is 1. The molecule has 0 saturated carbocycles. The molecule has 0 aliphatic carbocycles. The Kier molecular flexibility index (Phi) is 14.9. The lowest BCUT2D eigenvalue weighted by molar-refractivity contribution is -0.162. The van der Waals surface area contributed by atoms with Crippen LogP contribution in [-0.4, -0.2) is 108 Å². The highest BCUT2D eigenvalue weighted by Gasteiger charge is 2.38. The van der Waals surface area contributed by atoms with Crippen LogP contribution in [0.2, 0.25) is 0 Å². The number of aldehydes is 2. The van der Waals surface area contributed by atoms with Crippen LogP contribution in [0.5, 0.6) is 23.0 Å². The van der Waals surface area contributed by atoms with Crippen LogP contribution in [0.1, 0.15) is 88.5 Å². The zero-order valence-electron chi connectivity index (χ0n) is 31.8. The van der Waals surface area contributed by atoms with Crippen LogP contribution in [0, 0.1) is 0 Å². The minimum atomic E-state index is -0.772. The number of carbonyl (C=O) groups excluding carboxylic acids is 4. The lowest BCUT2D eigenvalue weighted by Crippen LogP contribution is -2.50. The van der Waals surface area contributed by atoms with E-state index in [9.17, 15) is 19.2 Å². The summed E-state index contributed by atoms with van der Waals surface area (Å²) in [5.41, 5.74) is 2.91. The fraction of sp³-hybridized carbons (Fsp3) is 0.476.